The van der Waals surface area contributed by atoms with Gasteiger partial charge in [0, 0.05) is 30.3 Å². The van der Waals surface area contributed by atoms with Gasteiger partial charge in [0.25, 0.3) is 0 Å². The standard InChI is InChI=1S/C19H22ClIN2O/c1-24-18-5-2-14(3-6-18)11-23-12-15(9-21)8-17(13-23)16-4-7-19(20)22-10-16/h2-7,10,15,17H,8-9,11-13H2,1H3/t15-,17-/m1/s1. The summed E-state index contributed by atoms with van der Waals surface area (Å²) in [4.78, 5) is 6.83. The van der Waals surface area contributed by atoms with Gasteiger partial charge in [-0.1, -0.05) is 52.4 Å². The predicted octanol–water partition coefficient (Wildman–Crippen LogP) is 4.78. The first-order chi connectivity index (χ1) is 11.7. The van der Waals surface area contributed by atoms with Gasteiger partial charge >= 0.3 is 0 Å². The number of nitrogens with zero attached hydrogens (tertiary/aromatic N) is 2. The fraction of sp³-hybridized carbons (Fsp3) is 0.421. The monoisotopic (exact) mass is 456 g/mol. The Morgan fingerprint density at radius 1 is 1.21 bits per heavy atom. The van der Waals surface area contributed by atoms with Crippen LogP contribution in [0.2, 0.25) is 5.15 Å². The maximum atomic E-state index is 5.93. The van der Waals surface area contributed by atoms with E-state index in [2.05, 4.69) is 50.7 Å². The minimum absolute atomic E-state index is 0.529. The normalized spacial score (nSPS) is 21.6. The summed E-state index contributed by atoms with van der Waals surface area (Å²) >= 11 is 8.45. The van der Waals surface area contributed by atoms with Gasteiger partial charge in [-0.25, -0.2) is 4.98 Å². The van der Waals surface area contributed by atoms with Crippen molar-refractivity contribution in [3.8, 4) is 5.75 Å². The van der Waals surface area contributed by atoms with Crippen LogP contribution >= 0.6 is 34.2 Å². The van der Waals surface area contributed by atoms with Crippen molar-refractivity contribution in [2.45, 2.75) is 18.9 Å². The van der Waals surface area contributed by atoms with Gasteiger partial charge in [0.05, 0.1) is 7.11 Å². The number of benzene rings is 1. The zero-order valence-corrected chi connectivity index (χ0v) is 16.7. The molecule has 1 aromatic carbocycles. The average Bonchev–Trinajstić information content (AvgIpc) is 2.62. The van der Waals surface area contributed by atoms with E-state index in [0.29, 0.717) is 11.1 Å². The number of alkyl halides is 1. The Hall–Kier alpha value is -0.850. The van der Waals surface area contributed by atoms with E-state index in [1.807, 2.05) is 24.4 Å². The van der Waals surface area contributed by atoms with E-state index in [4.69, 9.17) is 16.3 Å². The summed E-state index contributed by atoms with van der Waals surface area (Å²) in [6.45, 7) is 3.21. The first kappa shape index (κ1) is 18.0. The zero-order chi connectivity index (χ0) is 16.9. The van der Waals surface area contributed by atoms with Crippen LogP contribution in [0.5, 0.6) is 5.75 Å². The van der Waals surface area contributed by atoms with Gasteiger partial charge < -0.3 is 4.74 Å². The van der Waals surface area contributed by atoms with Crippen LogP contribution in [0.4, 0.5) is 0 Å². The van der Waals surface area contributed by atoms with Gasteiger partial charge in [0.2, 0.25) is 0 Å². The molecule has 1 aliphatic rings. The van der Waals surface area contributed by atoms with Crippen LogP contribution in [-0.4, -0.2) is 34.5 Å². The molecule has 3 rings (SSSR count). The van der Waals surface area contributed by atoms with Crippen molar-refractivity contribution in [1.29, 1.82) is 0 Å². The summed E-state index contributed by atoms with van der Waals surface area (Å²) in [6, 6.07) is 12.4. The fourth-order valence-corrected chi connectivity index (χ4v) is 4.15. The number of ether oxygens (including phenoxy) is 1. The number of hydrogen-bond acceptors (Lipinski definition) is 3. The van der Waals surface area contributed by atoms with Crippen molar-refractivity contribution in [3.63, 3.8) is 0 Å². The molecule has 0 spiro atoms. The summed E-state index contributed by atoms with van der Waals surface area (Å²) in [6.07, 6.45) is 3.17. The Morgan fingerprint density at radius 3 is 2.62 bits per heavy atom. The molecule has 5 heteroatoms. The first-order valence-electron chi connectivity index (χ1n) is 8.20. The number of rotatable bonds is 5. The van der Waals surface area contributed by atoms with Crippen molar-refractivity contribution < 1.29 is 4.74 Å². The summed E-state index contributed by atoms with van der Waals surface area (Å²) in [5.41, 5.74) is 2.63. The molecule has 1 saturated heterocycles. The van der Waals surface area contributed by atoms with E-state index in [1.54, 1.807) is 7.11 Å². The van der Waals surface area contributed by atoms with Crippen LogP contribution in [0, 0.1) is 5.92 Å². The van der Waals surface area contributed by atoms with E-state index in [-0.39, 0.29) is 0 Å². The highest BCUT2D eigenvalue weighted by molar-refractivity contribution is 14.1. The molecule has 2 atom stereocenters. The lowest BCUT2D eigenvalue weighted by molar-refractivity contribution is 0.160. The molecule has 1 fully saturated rings. The molecule has 0 amide bonds. The Balaban J connectivity index is 1.71. The average molecular weight is 457 g/mol. The Bertz CT molecular complexity index is 647. The SMILES string of the molecule is COc1ccc(CN2C[C@@H](CI)C[C@@H](c3ccc(Cl)nc3)C2)cc1. The summed E-state index contributed by atoms with van der Waals surface area (Å²) in [7, 11) is 1.70. The van der Waals surface area contributed by atoms with Crippen LogP contribution in [-0.2, 0) is 6.54 Å². The third kappa shape index (κ3) is 4.61. The summed E-state index contributed by atoms with van der Waals surface area (Å²) in [5, 5.41) is 0.565. The van der Waals surface area contributed by atoms with Crippen molar-refractivity contribution >= 4 is 34.2 Å². The van der Waals surface area contributed by atoms with Gasteiger partial charge in [0.15, 0.2) is 0 Å². The minimum atomic E-state index is 0.529. The molecule has 24 heavy (non-hydrogen) atoms. The van der Waals surface area contributed by atoms with Crippen LogP contribution < -0.4 is 4.74 Å². The second-order valence-electron chi connectivity index (χ2n) is 6.41. The molecule has 0 unspecified atom stereocenters. The van der Waals surface area contributed by atoms with Crippen molar-refractivity contribution in [1.82, 2.24) is 9.88 Å². The molecule has 1 aliphatic heterocycles. The Kier molecular flexibility index (Phi) is 6.36. The van der Waals surface area contributed by atoms with Crippen LogP contribution in [0.15, 0.2) is 42.6 Å². The van der Waals surface area contributed by atoms with E-state index in [9.17, 15) is 0 Å². The second kappa shape index (κ2) is 8.50. The number of halogens is 2. The summed E-state index contributed by atoms with van der Waals surface area (Å²) < 4.78 is 6.43. The van der Waals surface area contributed by atoms with Gasteiger partial charge in [-0.3, -0.25) is 4.90 Å². The minimum Gasteiger partial charge on any atom is -0.497 e. The van der Waals surface area contributed by atoms with Crippen LogP contribution in [0.25, 0.3) is 0 Å². The molecular weight excluding hydrogens is 435 g/mol. The molecule has 3 nitrogen and oxygen atoms in total. The third-order valence-electron chi connectivity index (χ3n) is 4.62. The van der Waals surface area contributed by atoms with Crippen molar-refractivity contribution in [2.75, 3.05) is 24.6 Å². The lowest BCUT2D eigenvalue weighted by atomic mass is 9.86. The summed E-state index contributed by atoms with van der Waals surface area (Å²) in [5.74, 6) is 2.16. The predicted molar refractivity (Wildman–Crippen MR) is 107 cm³/mol. The molecule has 128 valence electrons. The van der Waals surface area contributed by atoms with Gasteiger partial charge in [-0.15, -0.1) is 0 Å². The largest absolute Gasteiger partial charge is 0.497 e. The Labute approximate surface area is 162 Å². The van der Waals surface area contributed by atoms with E-state index in [0.717, 1.165) is 31.3 Å². The molecule has 0 N–H and O–H groups in total. The quantitative estimate of drug-likeness (QED) is 0.368. The van der Waals surface area contributed by atoms with Gasteiger partial charge in [-0.2, -0.15) is 0 Å². The van der Waals surface area contributed by atoms with Gasteiger partial charge in [0.1, 0.15) is 10.9 Å². The highest BCUT2D eigenvalue weighted by Gasteiger charge is 2.27. The fourth-order valence-electron chi connectivity index (χ4n) is 3.40. The van der Waals surface area contributed by atoms with Crippen LogP contribution in [0.1, 0.15) is 23.5 Å². The third-order valence-corrected chi connectivity index (χ3v) is 6.09. The molecule has 2 aromatic rings. The molecule has 1 aromatic heterocycles. The molecule has 0 bridgehead atoms. The first-order valence-corrected chi connectivity index (χ1v) is 10.1. The number of piperidine rings is 1. The molecule has 0 saturated carbocycles. The van der Waals surface area contributed by atoms with E-state index >= 15 is 0 Å². The highest BCUT2D eigenvalue weighted by Crippen LogP contribution is 2.32. The highest BCUT2D eigenvalue weighted by atomic mass is 127. The van der Waals surface area contributed by atoms with Gasteiger partial charge in [-0.05, 0) is 47.6 Å². The number of pyridine rings is 1. The second-order valence-corrected chi connectivity index (χ2v) is 7.68. The number of likely N-dealkylation sites (tertiary alicyclic amines) is 1. The topological polar surface area (TPSA) is 25.4 Å². The number of aromatic nitrogens is 1. The maximum absolute atomic E-state index is 5.93. The van der Waals surface area contributed by atoms with Crippen molar-refractivity contribution in [2.24, 2.45) is 5.92 Å². The smallest absolute Gasteiger partial charge is 0.129 e. The zero-order valence-electron chi connectivity index (χ0n) is 13.8. The van der Waals surface area contributed by atoms with Crippen LogP contribution in [0.3, 0.4) is 0 Å². The number of methoxy groups -OCH3 is 1. The lowest BCUT2D eigenvalue weighted by Gasteiger charge is -2.37. The van der Waals surface area contributed by atoms with E-state index in [1.165, 1.54) is 22.0 Å². The molecular formula is C19H22ClIN2O. The maximum Gasteiger partial charge on any atom is 0.129 e. The number of hydrogen-bond donors (Lipinski definition) is 0. The molecule has 2 heterocycles. The lowest BCUT2D eigenvalue weighted by Crippen LogP contribution is -2.39. The molecule has 0 radical (unpaired) electrons. The molecule has 0 aliphatic carbocycles. The van der Waals surface area contributed by atoms with Crippen molar-refractivity contribution in [3.05, 3.63) is 58.9 Å². The Morgan fingerprint density at radius 2 is 2.00 bits per heavy atom. The van der Waals surface area contributed by atoms with E-state index < -0.39 is 0 Å².